The molecule has 0 atom stereocenters. The van der Waals surface area contributed by atoms with Crippen molar-refractivity contribution in [1.29, 1.82) is 0 Å². The number of anilines is 1. The highest BCUT2D eigenvalue weighted by Gasteiger charge is 2.19. The van der Waals surface area contributed by atoms with E-state index < -0.39 is 10.0 Å². The van der Waals surface area contributed by atoms with E-state index >= 15 is 0 Å². The number of carbonyl (C=O) groups is 1. The predicted molar refractivity (Wildman–Crippen MR) is 127 cm³/mol. The number of sulfonamides is 1. The van der Waals surface area contributed by atoms with Gasteiger partial charge >= 0.3 is 0 Å². The molecule has 1 aromatic heterocycles. The fourth-order valence-electron chi connectivity index (χ4n) is 3.86. The molecule has 3 aromatic rings. The average molecular weight is 451 g/mol. The Hall–Kier alpha value is -3.26. The van der Waals surface area contributed by atoms with Gasteiger partial charge in [-0.2, -0.15) is 8.42 Å². The molecule has 2 aromatic carbocycles. The first-order chi connectivity index (χ1) is 15.3. The number of fused-ring (bicyclic) bond motifs is 1. The number of aryl methyl sites for hydroxylation is 1. The number of amides is 1. The first-order valence-corrected chi connectivity index (χ1v) is 12.1. The number of carbonyl (C=O) groups excluding carboxylic acids is 1. The summed E-state index contributed by atoms with van der Waals surface area (Å²) in [7, 11) is -2.02. The van der Waals surface area contributed by atoms with Gasteiger partial charge in [0.25, 0.3) is 15.9 Å². The molecular formula is C24H26N4O3S. The maximum Gasteiger partial charge on any atom is 0.284 e. The molecule has 1 saturated heterocycles. The van der Waals surface area contributed by atoms with Crippen LogP contribution in [0.1, 0.15) is 41.7 Å². The Labute approximate surface area is 188 Å². The van der Waals surface area contributed by atoms with Crippen LogP contribution in [0.2, 0.25) is 0 Å². The van der Waals surface area contributed by atoms with E-state index in [9.17, 15) is 13.2 Å². The lowest BCUT2D eigenvalue weighted by molar-refractivity contribution is 0.102. The summed E-state index contributed by atoms with van der Waals surface area (Å²) in [6.45, 7) is 2.63. The topological polar surface area (TPSA) is 91.7 Å². The molecule has 2 heterocycles. The lowest BCUT2D eigenvalue weighted by atomic mass is 10.1. The van der Waals surface area contributed by atoms with Crippen LogP contribution in [0.3, 0.4) is 0 Å². The third-order valence-electron chi connectivity index (χ3n) is 5.54. The van der Waals surface area contributed by atoms with Gasteiger partial charge in [-0.3, -0.25) is 9.78 Å². The summed E-state index contributed by atoms with van der Waals surface area (Å²) in [6.07, 6.45) is 3.66. The maximum atomic E-state index is 13.0. The molecule has 4 rings (SSSR count). The number of hydrogen-bond donors (Lipinski definition) is 1. The van der Waals surface area contributed by atoms with Crippen LogP contribution in [0, 0.1) is 6.92 Å². The molecule has 1 aliphatic rings. The minimum absolute atomic E-state index is 0.0520. The predicted octanol–water partition coefficient (Wildman–Crippen LogP) is 4.39. The van der Waals surface area contributed by atoms with Gasteiger partial charge in [0, 0.05) is 36.8 Å². The van der Waals surface area contributed by atoms with Gasteiger partial charge < -0.3 is 10.2 Å². The Bertz CT molecular complexity index is 1300. The van der Waals surface area contributed by atoms with E-state index in [1.54, 1.807) is 18.2 Å². The zero-order valence-electron chi connectivity index (χ0n) is 18.2. The quantitative estimate of drug-likeness (QED) is 0.637. The van der Waals surface area contributed by atoms with E-state index in [1.807, 2.05) is 43.1 Å². The number of nitrogens with one attached hydrogen (secondary N) is 1. The van der Waals surface area contributed by atoms with Crippen molar-refractivity contribution in [2.75, 3.05) is 18.9 Å². The minimum Gasteiger partial charge on any atom is -0.362 e. The summed E-state index contributed by atoms with van der Waals surface area (Å²) in [5.74, 6) is 0.256. The van der Waals surface area contributed by atoms with Crippen LogP contribution in [-0.4, -0.2) is 43.6 Å². The lowest BCUT2D eigenvalue weighted by Gasteiger charge is -2.17. The van der Waals surface area contributed by atoms with Crippen LogP contribution < -0.4 is 5.32 Å². The molecule has 1 amide bonds. The van der Waals surface area contributed by atoms with E-state index in [-0.39, 0.29) is 10.8 Å². The second kappa shape index (κ2) is 9.08. The Kier molecular flexibility index (Phi) is 6.23. The molecule has 0 radical (unpaired) electrons. The summed E-state index contributed by atoms with van der Waals surface area (Å²) in [4.78, 5) is 19.4. The number of para-hydroxylation sites is 1. The molecule has 7 nitrogen and oxygen atoms in total. The highest BCUT2D eigenvalue weighted by molar-refractivity contribution is 7.90. The highest BCUT2D eigenvalue weighted by Crippen LogP contribution is 2.23. The summed E-state index contributed by atoms with van der Waals surface area (Å²) < 4.78 is 30.0. The summed E-state index contributed by atoms with van der Waals surface area (Å²) >= 11 is 0. The third kappa shape index (κ3) is 4.80. The lowest BCUT2D eigenvalue weighted by Crippen LogP contribution is -2.26. The van der Waals surface area contributed by atoms with Gasteiger partial charge in [-0.15, -0.1) is 4.40 Å². The number of benzene rings is 2. The van der Waals surface area contributed by atoms with Crippen LogP contribution in [0.5, 0.6) is 0 Å². The largest absolute Gasteiger partial charge is 0.362 e. The molecule has 8 heteroatoms. The number of aromatic nitrogens is 1. The highest BCUT2D eigenvalue weighted by atomic mass is 32.2. The molecular weight excluding hydrogens is 424 g/mol. The minimum atomic E-state index is -3.89. The maximum absolute atomic E-state index is 13.0. The van der Waals surface area contributed by atoms with Gasteiger partial charge in [-0.1, -0.05) is 30.7 Å². The Morgan fingerprint density at radius 1 is 1.06 bits per heavy atom. The molecule has 1 fully saturated rings. The average Bonchev–Trinajstić information content (AvgIpc) is 2.97. The van der Waals surface area contributed by atoms with Crippen molar-refractivity contribution in [2.45, 2.75) is 37.5 Å². The van der Waals surface area contributed by atoms with Crippen molar-refractivity contribution < 1.29 is 13.2 Å². The van der Waals surface area contributed by atoms with Crippen molar-refractivity contribution in [2.24, 2.45) is 4.40 Å². The number of likely N-dealkylation sites (tertiary alicyclic amines) is 1. The third-order valence-corrected chi connectivity index (χ3v) is 6.84. The van der Waals surface area contributed by atoms with Crippen molar-refractivity contribution >= 4 is 38.4 Å². The van der Waals surface area contributed by atoms with Gasteiger partial charge in [-0.25, -0.2) is 0 Å². The first-order valence-electron chi connectivity index (χ1n) is 10.7. The normalized spacial score (nSPS) is 16.2. The van der Waals surface area contributed by atoms with Gasteiger partial charge in [-0.05, 0) is 50.1 Å². The molecule has 0 saturated carbocycles. The molecule has 0 spiro atoms. The second-order valence-corrected chi connectivity index (χ2v) is 9.63. The van der Waals surface area contributed by atoms with E-state index in [1.165, 1.54) is 12.1 Å². The molecule has 32 heavy (non-hydrogen) atoms. The van der Waals surface area contributed by atoms with Crippen molar-refractivity contribution in [3.05, 3.63) is 65.9 Å². The summed E-state index contributed by atoms with van der Waals surface area (Å²) in [5.41, 5.74) is 2.34. The smallest absolute Gasteiger partial charge is 0.284 e. The summed E-state index contributed by atoms with van der Waals surface area (Å²) in [5, 5.41) is 3.56. The van der Waals surface area contributed by atoms with Crippen molar-refractivity contribution in [3.63, 3.8) is 0 Å². The van der Waals surface area contributed by atoms with Gasteiger partial charge in [0.2, 0.25) is 0 Å². The Morgan fingerprint density at radius 2 is 1.88 bits per heavy atom. The van der Waals surface area contributed by atoms with Crippen molar-refractivity contribution in [1.82, 2.24) is 9.88 Å². The van der Waals surface area contributed by atoms with Crippen LogP contribution in [-0.2, 0) is 10.0 Å². The monoisotopic (exact) mass is 450 g/mol. The fraction of sp³-hybridized carbons (Fsp3) is 0.292. The van der Waals surface area contributed by atoms with Crippen molar-refractivity contribution in [3.8, 4) is 0 Å². The number of nitrogens with zero attached hydrogens (tertiary/aromatic N) is 3. The van der Waals surface area contributed by atoms with Crippen LogP contribution in [0.4, 0.5) is 5.69 Å². The number of amidine groups is 1. The van der Waals surface area contributed by atoms with E-state index in [0.717, 1.165) is 42.4 Å². The number of hydrogen-bond acceptors (Lipinski definition) is 4. The molecule has 0 aliphatic carbocycles. The van der Waals surface area contributed by atoms with Crippen LogP contribution in [0.25, 0.3) is 10.9 Å². The van der Waals surface area contributed by atoms with Crippen LogP contribution >= 0.6 is 0 Å². The molecule has 0 unspecified atom stereocenters. The Balaban J connectivity index is 1.62. The van der Waals surface area contributed by atoms with Gasteiger partial charge in [0.15, 0.2) is 0 Å². The van der Waals surface area contributed by atoms with E-state index in [4.69, 9.17) is 0 Å². The number of rotatable bonds is 4. The zero-order chi connectivity index (χ0) is 22.7. The molecule has 0 bridgehead atoms. The Morgan fingerprint density at radius 3 is 2.72 bits per heavy atom. The number of pyridine rings is 1. The van der Waals surface area contributed by atoms with Gasteiger partial charge in [0.1, 0.15) is 5.84 Å². The zero-order valence-corrected chi connectivity index (χ0v) is 19.0. The fourth-order valence-corrected chi connectivity index (χ4v) is 5.00. The molecule has 1 aliphatic heterocycles. The first kappa shape index (κ1) is 22.0. The SMILES string of the molecule is Cc1cc(C(=O)Nc2cccc(S(=O)(=O)N=C3CCCCCN3C)c2)c2ccccc2n1. The van der Waals surface area contributed by atoms with Crippen LogP contribution in [0.15, 0.2) is 63.9 Å². The van der Waals surface area contributed by atoms with E-state index in [2.05, 4.69) is 14.7 Å². The van der Waals surface area contributed by atoms with Gasteiger partial charge in [0.05, 0.1) is 16.0 Å². The molecule has 1 N–H and O–H groups in total. The van der Waals surface area contributed by atoms with E-state index in [0.29, 0.717) is 23.5 Å². The summed E-state index contributed by atoms with van der Waals surface area (Å²) in [6, 6.07) is 15.4. The second-order valence-electron chi connectivity index (χ2n) is 8.03. The standard InChI is InChI=1S/C24H26N4O3S/c1-17-15-21(20-11-5-6-12-22(20)25-17)24(29)26-18-9-8-10-19(16-18)32(30,31)27-23-13-4-3-7-14-28(23)2/h5-6,8-12,15-16H,3-4,7,13-14H2,1-2H3,(H,26,29). The molecule has 166 valence electrons.